The number of benzene rings is 1. The first-order valence-electron chi connectivity index (χ1n) is 7.44. The summed E-state index contributed by atoms with van der Waals surface area (Å²) < 4.78 is 0. The number of nitrogens with one attached hydrogen (secondary N) is 1. The molecule has 0 aliphatic heterocycles. The molecule has 2 aromatic rings. The largest absolute Gasteiger partial charge is 0.352 e. The van der Waals surface area contributed by atoms with Crippen LogP contribution in [0.4, 0.5) is 0 Å². The number of carbonyl (C=O) groups is 1. The summed E-state index contributed by atoms with van der Waals surface area (Å²) in [4.78, 5) is 13.3. The van der Waals surface area contributed by atoms with Gasteiger partial charge in [-0.1, -0.05) is 49.6 Å². The highest BCUT2D eigenvalue weighted by Crippen LogP contribution is 2.17. The van der Waals surface area contributed by atoms with E-state index in [0.717, 1.165) is 18.4 Å². The van der Waals surface area contributed by atoms with Gasteiger partial charge in [-0.15, -0.1) is 10.2 Å². The van der Waals surface area contributed by atoms with E-state index in [0.29, 0.717) is 11.9 Å². The van der Waals surface area contributed by atoms with Gasteiger partial charge in [0.05, 0.1) is 0 Å². The third kappa shape index (κ3) is 3.65. The molecule has 1 N–H and O–H groups in total. The van der Waals surface area contributed by atoms with E-state index in [1.807, 2.05) is 30.3 Å². The van der Waals surface area contributed by atoms with Crippen LogP contribution in [0, 0.1) is 0 Å². The summed E-state index contributed by atoms with van der Waals surface area (Å²) in [6.07, 6.45) is 5.82. The van der Waals surface area contributed by atoms with Gasteiger partial charge in [-0.2, -0.15) is 4.80 Å². The van der Waals surface area contributed by atoms with Crippen molar-refractivity contribution in [3.05, 3.63) is 30.3 Å². The highest BCUT2D eigenvalue weighted by molar-refractivity contribution is 5.75. The molecule has 0 saturated heterocycles. The van der Waals surface area contributed by atoms with Crippen molar-refractivity contribution >= 4 is 5.91 Å². The molecule has 0 atom stereocenters. The number of hydrogen-bond acceptors (Lipinski definition) is 4. The highest BCUT2D eigenvalue weighted by atomic mass is 16.2. The van der Waals surface area contributed by atoms with Gasteiger partial charge in [-0.3, -0.25) is 4.79 Å². The highest BCUT2D eigenvalue weighted by Gasteiger charge is 2.16. The van der Waals surface area contributed by atoms with Gasteiger partial charge in [-0.05, 0) is 18.1 Å². The van der Waals surface area contributed by atoms with E-state index in [2.05, 4.69) is 20.7 Å². The molecule has 1 aromatic carbocycles. The van der Waals surface area contributed by atoms with Gasteiger partial charge in [0.1, 0.15) is 6.54 Å². The molecule has 1 amide bonds. The lowest BCUT2D eigenvalue weighted by Crippen LogP contribution is -2.38. The van der Waals surface area contributed by atoms with Gasteiger partial charge in [0, 0.05) is 11.6 Å². The lowest BCUT2D eigenvalue weighted by atomic mass is 9.95. The monoisotopic (exact) mass is 285 g/mol. The van der Waals surface area contributed by atoms with Crippen LogP contribution < -0.4 is 5.32 Å². The molecule has 0 unspecified atom stereocenters. The average Bonchev–Trinajstić information content (AvgIpc) is 2.97. The fraction of sp³-hybridized carbons (Fsp3) is 0.467. The van der Waals surface area contributed by atoms with E-state index < -0.39 is 0 Å². The van der Waals surface area contributed by atoms with E-state index in [9.17, 15) is 4.79 Å². The number of aromatic nitrogens is 4. The number of carbonyl (C=O) groups excluding carboxylic acids is 1. The van der Waals surface area contributed by atoms with Crippen LogP contribution in [-0.2, 0) is 11.3 Å². The molecule has 6 heteroatoms. The fourth-order valence-electron chi connectivity index (χ4n) is 2.66. The fourth-order valence-corrected chi connectivity index (χ4v) is 2.66. The van der Waals surface area contributed by atoms with Crippen molar-refractivity contribution in [2.75, 3.05) is 0 Å². The van der Waals surface area contributed by atoms with Gasteiger partial charge in [0.15, 0.2) is 0 Å². The molecule has 6 nitrogen and oxygen atoms in total. The normalized spacial score (nSPS) is 15.8. The Hall–Kier alpha value is -2.24. The van der Waals surface area contributed by atoms with E-state index in [1.165, 1.54) is 24.1 Å². The third-order valence-electron chi connectivity index (χ3n) is 3.74. The van der Waals surface area contributed by atoms with Crippen molar-refractivity contribution in [2.24, 2.45) is 0 Å². The zero-order chi connectivity index (χ0) is 14.5. The van der Waals surface area contributed by atoms with Crippen molar-refractivity contribution in [1.29, 1.82) is 0 Å². The number of hydrogen-bond donors (Lipinski definition) is 1. The molecule has 0 radical (unpaired) electrons. The maximum Gasteiger partial charge on any atom is 0.243 e. The van der Waals surface area contributed by atoms with Crippen molar-refractivity contribution in [1.82, 2.24) is 25.5 Å². The molecule has 1 fully saturated rings. The van der Waals surface area contributed by atoms with Gasteiger partial charge >= 0.3 is 0 Å². The zero-order valence-corrected chi connectivity index (χ0v) is 11.9. The smallest absolute Gasteiger partial charge is 0.243 e. The van der Waals surface area contributed by atoms with Crippen molar-refractivity contribution < 1.29 is 4.79 Å². The SMILES string of the molecule is O=C(Cn1nnc(-c2ccccc2)n1)NC1CCCCC1. The first-order valence-corrected chi connectivity index (χ1v) is 7.44. The summed E-state index contributed by atoms with van der Waals surface area (Å²) in [7, 11) is 0. The lowest BCUT2D eigenvalue weighted by molar-refractivity contribution is -0.123. The predicted molar refractivity (Wildman–Crippen MR) is 78.3 cm³/mol. The Labute approximate surface area is 123 Å². The third-order valence-corrected chi connectivity index (χ3v) is 3.74. The van der Waals surface area contributed by atoms with Crippen molar-refractivity contribution in [3.63, 3.8) is 0 Å². The number of tetrazole rings is 1. The minimum absolute atomic E-state index is 0.0427. The number of nitrogens with zero attached hydrogens (tertiary/aromatic N) is 4. The summed E-state index contributed by atoms with van der Waals surface area (Å²) >= 11 is 0. The predicted octanol–water partition coefficient (Wildman–Crippen LogP) is 1.79. The number of amides is 1. The van der Waals surface area contributed by atoms with Gasteiger partial charge in [0.25, 0.3) is 0 Å². The van der Waals surface area contributed by atoms with E-state index in [1.54, 1.807) is 0 Å². The first kappa shape index (κ1) is 13.7. The maximum atomic E-state index is 12.0. The second-order valence-corrected chi connectivity index (χ2v) is 5.41. The molecule has 1 aliphatic carbocycles. The molecule has 0 bridgehead atoms. The lowest BCUT2D eigenvalue weighted by Gasteiger charge is -2.22. The van der Waals surface area contributed by atoms with Crippen LogP contribution in [0.1, 0.15) is 32.1 Å². The second-order valence-electron chi connectivity index (χ2n) is 5.41. The molecule has 21 heavy (non-hydrogen) atoms. The summed E-state index contributed by atoms with van der Waals surface area (Å²) in [5.74, 6) is 0.500. The van der Waals surface area contributed by atoms with Gasteiger partial charge in [0.2, 0.25) is 11.7 Å². The molecule has 3 rings (SSSR count). The average molecular weight is 285 g/mol. The van der Waals surface area contributed by atoms with E-state index in [-0.39, 0.29) is 12.5 Å². The second kappa shape index (κ2) is 6.47. The Kier molecular flexibility index (Phi) is 4.23. The zero-order valence-electron chi connectivity index (χ0n) is 11.9. The Balaban J connectivity index is 1.58. The van der Waals surface area contributed by atoms with Crippen LogP contribution in [0.25, 0.3) is 11.4 Å². The van der Waals surface area contributed by atoms with Gasteiger partial charge in [-0.25, -0.2) is 0 Å². The van der Waals surface area contributed by atoms with Crippen LogP contribution in [0.5, 0.6) is 0 Å². The Morgan fingerprint density at radius 2 is 1.95 bits per heavy atom. The molecule has 1 heterocycles. The van der Waals surface area contributed by atoms with Crippen LogP contribution in [0.2, 0.25) is 0 Å². The Bertz CT molecular complexity index is 589. The van der Waals surface area contributed by atoms with Crippen LogP contribution >= 0.6 is 0 Å². The molecule has 1 aromatic heterocycles. The van der Waals surface area contributed by atoms with Crippen molar-refractivity contribution in [2.45, 2.75) is 44.7 Å². The minimum Gasteiger partial charge on any atom is -0.352 e. The Morgan fingerprint density at radius 1 is 1.19 bits per heavy atom. The summed E-state index contributed by atoms with van der Waals surface area (Å²) in [5, 5.41) is 15.2. The van der Waals surface area contributed by atoms with Crippen LogP contribution in [0.15, 0.2) is 30.3 Å². The molecule has 110 valence electrons. The number of rotatable bonds is 4. The minimum atomic E-state index is -0.0427. The first-order chi connectivity index (χ1) is 10.3. The molecular formula is C15H19N5O. The molecular weight excluding hydrogens is 266 g/mol. The summed E-state index contributed by atoms with van der Waals surface area (Å²) in [6.45, 7) is 0.121. The Morgan fingerprint density at radius 3 is 2.71 bits per heavy atom. The topological polar surface area (TPSA) is 72.7 Å². The van der Waals surface area contributed by atoms with Crippen LogP contribution in [0.3, 0.4) is 0 Å². The van der Waals surface area contributed by atoms with E-state index >= 15 is 0 Å². The van der Waals surface area contributed by atoms with Crippen molar-refractivity contribution in [3.8, 4) is 11.4 Å². The van der Waals surface area contributed by atoms with Gasteiger partial charge < -0.3 is 5.32 Å². The molecule has 1 saturated carbocycles. The molecule has 0 spiro atoms. The van der Waals surface area contributed by atoms with Crippen LogP contribution in [-0.4, -0.2) is 32.2 Å². The summed E-state index contributed by atoms with van der Waals surface area (Å²) in [5.41, 5.74) is 0.899. The molecule has 1 aliphatic rings. The summed E-state index contributed by atoms with van der Waals surface area (Å²) in [6, 6.07) is 9.93. The standard InChI is InChI=1S/C15H19N5O/c21-14(16-13-9-5-2-6-10-13)11-20-18-15(17-19-20)12-7-3-1-4-8-12/h1,3-4,7-8,13H,2,5-6,9-11H2,(H,16,21). The maximum absolute atomic E-state index is 12.0. The van der Waals surface area contributed by atoms with E-state index in [4.69, 9.17) is 0 Å². The quantitative estimate of drug-likeness (QED) is 0.929.